The Kier molecular flexibility index (Phi) is 2.72. The molecule has 0 amide bonds. The van der Waals surface area contributed by atoms with E-state index in [0.717, 1.165) is 29.4 Å². The molecule has 3 nitrogen and oxygen atoms in total. The van der Waals surface area contributed by atoms with Crippen LogP contribution in [-0.2, 0) is 18.3 Å². The number of carbonyl (C=O) groups is 1. The quantitative estimate of drug-likeness (QED) is 0.827. The molecule has 0 radical (unpaired) electrons. The van der Waals surface area contributed by atoms with Gasteiger partial charge in [-0.25, -0.2) is 0 Å². The molecule has 0 atom stereocenters. The van der Waals surface area contributed by atoms with Crippen LogP contribution in [-0.4, -0.2) is 15.6 Å². The SMILES string of the molecule is Cn1ncc(Br)c1CCC(=O)C1CC1. The van der Waals surface area contributed by atoms with Crippen molar-refractivity contribution >= 4 is 21.7 Å². The monoisotopic (exact) mass is 256 g/mol. The second-order valence-corrected chi connectivity index (χ2v) is 4.66. The Morgan fingerprint density at radius 3 is 2.93 bits per heavy atom. The summed E-state index contributed by atoms with van der Waals surface area (Å²) in [6, 6.07) is 0. The van der Waals surface area contributed by atoms with Gasteiger partial charge in [-0.3, -0.25) is 9.48 Å². The van der Waals surface area contributed by atoms with Crippen LogP contribution in [0.15, 0.2) is 10.7 Å². The van der Waals surface area contributed by atoms with E-state index < -0.39 is 0 Å². The van der Waals surface area contributed by atoms with Gasteiger partial charge in [0.15, 0.2) is 0 Å². The lowest BCUT2D eigenvalue weighted by molar-refractivity contribution is -0.120. The van der Waals surface area contributed by atoms with Crippen LogP contribution >= 0.6 is 15.9 Å². The first-order valence-electron chi connectivity index (χ1n) is 4.87. The van der Waals surface area contributed by atoms with E-state index in [1.165, 1.54) is 0 Å². The largest absolute Gasteiger partial charge is 0.299 e. The number of Topliss-reactive ketones (excluding diaryl/α,β-unsaturated/α-hetero) is 1. The normalized spacial score (nSPS) is 15.9. The maximum absolute atomic E-state index is 11.5. The lowest BCUT2D eigenvalue weighted by atomic mass is 10.1. The number of carbonyl (C=O) groups excluding carboxylic acids is 1. The van der Waals surface area contributed by atoms with Crippen LogP contribution in [0.3, 0.4) is 0 Å². The molecule has 1 aromatic rings. The van der Waals surface area contributed by atoms with Crippen molar-refractivity contribution in [3.05, 3.63) is 16.4 Å². The van der Waals surface area contributed by atoms with Crippen molar-refractivity contribution in [1.82, 2.24) is 9.78 Å². The van der Waals surface area contributed by atoms with Gasteiger partial charge in [0.25, 0.3) is 0 Å². The summed E-state index contributed by atoms with van der Waals surface area (Å²) in [5.41, 5.74) is 1.11. The number of nitrogens with zero attached hydrogens (tertiary/aromatic N) is 2. The molecule has 14 heavy (non-hydrogen) atoms. The van der Waals surface area contributed by atoms with Crippen LogP contribution in [0.5, 0.6) is 0 Å². The topological polar surface area (TPSA) is 34.9 Å². The fourth-order valence-corrected chi connectivity index (χ4v) is 2.11. The number of ketones is 1. The molecule has 0 unspecified atom stereocenters. The maximum Gasteiger partial charge on any atom is 0.136 e. The van der Waals surface area contributed by atoms with Crippen molar-refractivity contribution in [2.75, 3.05) is 0 Å². The summed E-state index contributed by atoms with van der Waals surface area (Å²) in [6.07, 6.45) is 5.43. The number of rotatable bonds is 4. The second-order valence-electron chi connectivity index (χ2n) is 3.80. The molecule has 0 aromatic carbocycles. The first-order chi connectivity index (χ1) is 6.68. The molecule has 2 rings (SSSR count). The van der Waals surface area contributed by atoms with Crippen molar-refractivity contribution in [2.45, 2.75) is 25.7 Å². The summed E-state index contributed by atoms with van der Waals surface area (Å²) in [7, 11) is 1.90. The molecule has 1 aliphatic carbocycles. The number of aromatic nitrogens is 2. The van der Waals surface area contributed by atoms with Crippen LogP contribution in [0.2, 0.25) is 0 Å². The molecule has 0 bridgehead atoms. The van der Waals surface area contributed by atoms with E-state index in [1.807, 2.05) is 11.7 Å². The third kappa shape index (κ3) is 2.05. The summed E-state index contributed by atoms with van der Waals surface area (Å²) in [4.78, 5) is 11.5. The third-order valence-corrected chi connectivity index (χ3v) is 3.31. The zero-order chi connectivity index (χ0) is 10.1. The van der Waals surface area contributed by atoms with Gasteiger partial charge in [0.2, 0.25) is 0 Å². The zero-order valence-corrected chi connectivity index (χ0v) is 9.75. The summed E-state index contributed by atoms with van der Waals surface area (Å²) in [5, 5.41) is 4.11. The molecule has 1 heterocycles. The van der Waals surface area contributed by atoms with E-state index in [0.29, 0.717) is 18.1 Å². The van der Waals surface area contributed by atoms with Crippen LogP contribution in [0, 0.1) is 5.92 Å². The molecule has 1 aliphatic rings. The standard InChI is InChI=1S/C10H13BrN2O/c1-13-9(8(11)6-12-13)4-5-10(14)7-2-3-7/h6-7H,2-5H2,1H3. The van der Waals surface area contributed by atoms with Crippen LogP contribution < -0.4 is 0 Å². The van der Waals surface area contributed by atoms with Crippen molar-refractivity contribution < 1.29 is 4.79 Å². The molecule has 1 aromatic heterocycles. The average Bonchev–Trinajstić information content (AvgIpc) is 2.93. The predicted molar refractivity (Wildman–Crippen MR) is 57.0 cm³/mol. The van der Waals surface area contributed by atoms with Crippen LogP contribution in [0.4, 0.5) is 0 Å². The lowest BCUT2D eigenvalue weighted by Crippen LogP contribution is -2.05. The maximum atomic E-state index is 11.5. The molecule has 1 saturated carbocycles. The van der Waals surface area contributed by atoms with Gasteiger partial charge < -0.3 is 0 Å². The highest BCUT2D eigenvalue weighted by molar-refractivity contribution is 9.10. The summed E-state index contributed by atoms with van der Waals surface area (Å²) in [6.45, 7) is 0. The van der Waals surface area contributed by atoms with Gasteiger partial charge in [0.1, 0.15) is 5.78 Å². The highest BCUT2D eigenvalue weighted by Gasteiger charge is 2.28. The molecule has 1 fully saturated rings. The van der Waals surface area contributed by atoms with Gasteiger partial charge in [-0.2, -0.15) is 5.10 Å². The van der Waals surface area contributed by atoms with Crippen molar-refractivity contribution in [2.24, 2.45) is 13.0 Å². The summed E-state index contributed by atoms with van der Waals surface area (Å²) in [5.74, 6) is 0.792. The molecule has 0 spiro atoms. The molecular formula is C10H13BrN2O. The first kappa shape index (κ1) is 9.90. The first-order valence-corrected chi connectivity index (χ1v) is 5.67. The third-order valence-electron chi connectivity index (χ3n) is 2.65. The number of hydrogen-bond acceptors (Lipinski definition) is 2. The van der Waals surface area contributed by atoms with Crippen LogP contribution in [0.25, 0.3) is 0 Å². The smallest absolute Gasteiger partial charge is 0.136 e. The number of hydrogen-bond donors (Lipinski definition) is 0. The highest BCUT2D eigenvalue weighted by Crippen LogP contribution is 2.31. The van der Waals surface area contributed by atoms with Gasteiger partial charge in [0, 0.05) is 19.4 Å². The second kappa shape index (κ2) is 3.85. The van der Waals surface area contributed by atoms with Crippen molar-refractivity contribution in [3.8, 4) is 0 Å². The van der Waals surface area contributed by atoms with Gasteiger partial charge in [-0.05, 0) is 35.2 Å². The molecule has 0 saturated heterocycles. The Morgan fingerprint density at radius 2 is 2.43 bits per heavy atom. The zero-order valence-electron chi connectivity index (χ0n) is 8.16. The molecular weight excluding hydrogens is 244 g/mol. The van der Waals surface area contributed by atoms with E-state index in [-0.39, 0.29) is 0 Å². The fraction of sp³-hybridized carbons (Fsp3) is 0.600. The lowest BCUT2D eigenvalue weighted by Gasteiger charge is -2.01. The van der Waals surface area contributed by atoms with Gasteiger partial charge in [0.05, 0.1) is 16.4 Å². The predicted octanol–water partition coefficient (Wildman–Crippen LogP) is 2.09. The van der Waals surface area contributed by atoms with Crippen molar-refractivity contribution in [3.63, 3.8) is 0 Å². The average molecular weight is 257 g/mol. The minimum Gasteiger partial charge on any atom is -0.299 e. The van der Waals surface area contributed by atoms with Gasteiger partial charge >= 0.3 is 0 Å². The Bertz CT molecular complexity index is 336. The van der Waals surface area contributed by atoms with E-state index in [1.54, 1.807) is 6.20 Å². The van der Waals surface area contributed by atoms with Crippen molar-refractivity contribution in [1.29, 1.82) is 0 Å². The van der Waals surface area contributed by atoms with Crippen LogP contribution in [0.1, 0.15) is 25.0 Å². The fourth-order valence-electron chi connectivity index (χ4n) is 1.57. The number of halogens is 1. The minimum atomic E-state index is 0.377. The molecule has 0 N–H and O–H groups in total. The Balaban J connectivity index is 1.93. The Labute approximate surface area is 91.6 Å². The number of aryl methyl sites for hydroxylation is 1. The van der Waals surface area contributed by atoms with Gasteiger partial charge in [-0.15, -0.1) is 0 Å². The molecule has 0 aliphatic heterocycles. The molecule has 4 heteroatoms. The molecule has 76 valence electrons. The van der Waals surface area contributed by atoms with E-state index >= 15 is 0 Å². The summed E-state index contributed by atoms with van der Waals surface area (Å²) >= 11 is 3.43. The Hall–Kier alpha value is -0.640. The highest BCUT2D eigenvalue weighted by atomic mass is 79.9. The van der Waals surface area contributed by atoms with Gasteiger partial charge in [-0.1, -0.05) is 0 Å². The summed E-state index contributed by atoms with van der Waals surface area (Å²) < 4.78 is 2.83. The van der Waals surface area contributed by atoms with E-state index in [9.17, 15) is 4.79 Å². The Morgan fingerprint density at radius 1 is 1.71 bits per heavy atom. The minimum absolute atomic E-state index is 0.377. The van der Waals surface area contributed by atoms with E-state index in [4.69, 9.17) is 0 Å². The van der Waals surface area contributed by atoms with E-state index in [2.05, 4.69) is 21.0 Å².